The molecule has 9 nitrogen and oxygen atoms in total. The second kappa shape index (κ2) is 11.9. The molecular weight excluding hydrogens is 478 g/mol. The maximum absolute atomic E-state index is 12.6. The minimum absolute atomic E-state index is 0.103. The predicted molar refractivity (Wildman–Crippen MR) is 132 cm³/mol. The van der Waals surface area contributed by atoms with E-state index in [1.807, 2.05) is 19.9 Å². The molecule has 0 saturated carbocycles. The fourth-order valence-corrected chi connectivity index (χ4v) is 4.16. The number of aliphatic hydroxyl groups excluding tert-OH is 1. The van der Waals surface area contributed by atoms with E-state index in [1.165, 1.54) is 11.8 Å². The van der Waals surface area contributed by atoms with Crippen molar-refractivity contribution in [2.24, 2.45) is 0 Å². The first-order valence-electron chi connectivity index (χ1n) is 10.5. The van der Waals surface area contributed by atoms with Crippen molar-refractivity contribution in [2.45, 2.75) is 31.6 Å². The number of carbonyl (C=O) groups is 2. The number of aliphatic hydroxyl groups is 1. The van der Waals surface area contributed by atoms with Gasteiger partial charge >= 0.3 is 0 Å². The third-order valence-electron chi connectivity index (χ3n) is 5.02. The van der Waals surface area contributed by atoms with Crippen LogP contribution >= 0.6 is 23.4 Å². The SMILES string of the molecule is CCn1c(SCC(=O)Nc2cc(Cl)ccc2C)nnc1[C@H](CO)NC(=O)c1ccc(OC)cc1. The lowest BCUT2D eigenvalue weighted by Gasteiger charge is -2.17. The Morgan fingerprint density at radius 3 is 2.59 bits per heavy atom. The second-order valence-corrected chi connectivity index (χ2v) is 8.70. The molecular formula is C23H26ClN5O4S. The number of nitrogens with one attached hydrogen (secondary N) is 2. The van der Waals surface area contributed by atoms with Crippen LogP contribution in [0.4, 0.5) is 5.69 Å². The summed E-state index contributed by atoms with van der Waals surface area (Å²) < 4.78 is 6.87. The standard InChI is InChI=1S/C23H26ClN5O4S/c1-4-29-21(19(12-30)26-22(32)15-6-9-17(33-3)10-7-15)27-28-23(29)34-13-20(31)25-18-11-16(24)8-5-14(18)2/h5-11,19,30H,4,12-13H2,1-3H3,(H,25,31)(H,26,32)/t19-/m0/s1. The van der Waals surface area contributed by atoms with E-state index in [4.69, 9.17) is 16.3 Å². The molecule has 0 aliphatic carbocycles. The van der Waals surface area contributed by atoms with E-state index in [9.17, 15) is 14.7 Å². The maximum atomic E-state index is 12.6. The highest BCUT2D eigenvalue weighted by Gasteiger charge is 2.23. The first-order valence-corrected chi connectivity index (χ1v) is 11.9. The molecule has 3 aromatic rings. The number of methoxy groups -OCH3 is 1. The number of nitrogens with zero attached hydrogens (tertiary/aromatic N) is 3. The van der Waals surface area contributed by atoms with Crippen LogP contribution in [0.3, 0.4) is 0 Å². The quantitative estimate of drug-likeness (QED) is 0.362. The number of aryl methyl sites for hydroxylation is 1. The monoisotopic (exact) mass is 503 g/mol. The number of rotatable bonds is 10. The molecule has 2 amide bonds. The molecule has 1 aromatic heterocycles. The first kappa shape index (κ1) is 25.5. The number of halogens is 1. The number of thioether (sulfide) groups is 1. The summed E-state index contributed by atoms with van der Waals surface area (Å²) in [5, 5.41) is 24.9. The molecule has 0 aliphatic rings. The molecule has 1 atom stereocenters. The van der Waals surface area contributed by atoms with Gasteiger partial charge in [0.25, 0.3) is 5.91 Å². The number of hydrogen-bond acceptors (Lipinski definition) is 7. The average molecular weight is 504 g/mol. The van der Waals surface area contributed by atoms with Gasteiger partial charge in [-0.3, -0.25) is 9.59 Å². The van der Waals surface area contributed by atoms with Crippen LogP contribution in [0.5, 0.6) is 5.75 Å². The lowest BCUT2D eigenvalue weighted by molar-refractivity contribution is -0.113. The summed E-state index contributed by atoms with van der Waals surface area (Å²) in [6.45, 7) is 3.91. The smallest absolute Gasteiger partial charge is 0.251 e. The van der Waals surface area contributed by atoms with Crippen molar-refractivity contribution in [3.63, 3.8) is 0 Å². The van der Waals surface area contributed by atoms with E-state index >= 15 is 0 Å². The van der Waals surface area contributed by atoms with Crippen LogP contribution in [0.25, 0.3) is 0 Å². The van der Waals surface area contributed by atoms with Gasteiger partial charge in [-0.1, -0.05) is 29.4 Å². The molecule has 0 unspecified atom stereocenters. The zero-order valence-corrected chi connectivity index (χ0v) is 20.6. The van der Waals surface area contributed by atoms with Crippen molar-refractivity contribution in [1.29, 1.82) is 0 Å². The summed E-state index contributed by atoms with van der Waals surface area (Å²) in [5.41, 5.74) is 1.97. The van der Waals surface area contributed by atoms with Gasteiger partial charge in [-0.2, -0.15) is 0 Å². The zero-order valence-electron chi connectivity index (χ0n) is 19.0. The van der Waals surface area contributed by atoms with E-state index in [2.05, 4.69) is 20.8 Å². The first-order chi connectivity index (χ1) is 16.4. The van der Waals surface area contributed by atoms with Crippen molar-refractivity contribution in [3.05, 3.63) is 64.4 Å². The van der Waals surface area contributed by atoms with E-state index in [1.54, 1.807) is 48.1 Å². The highest BCUT2D eigenvalue weighted by Crippen LogP contribution is 2.23. The van der Waals surface area contributed by atoms with E-state index in [0.29, 0.717) is 39.5 Å². The van der Waals surface area contributed by atoms with Crippen LogP contribution in [-0.4, -0.2) is 51.2 Å². The van der Waals surface area contributed by atoms with Crippen LogP contribution in [0.15, 0.2) is 47.6 Å². The third kappa shape index (κ3) is 6.28. The highest BCUT2D eigenvalue weighted by atomic mass is 35.5. The number of carbonyl (C=O) groups excluding carboxylic acids is 2. The Morgan fingerprint density at radius 2 is 1.94 bits per heavy atom. The van der Waals surface area contributed by atoms with Gasteiger partial charge in [-0.05, 0) is 55.8 Å². The van der Waals surface area contributed by atoms with Crippen LogP contribution in [0.2, 0.25) is 5.02 Å². The zero-order chi connectivity index (χ0) is 24.7. The average Bonchev–Trinajstić information content (AvgIpc) is 3.26. The van der Waals surface area contributed by atoms with Gasteiger partial charge in [-0.25, -0.2) is 0 Å². The van der Waals surface area contributed by atoms with Gasteiger partial charge in [-0.15, -0.1) is 10.2 Å². The summed E-state index contributed by atoms with van der Waals surface area (Å²) in [7, 11) is 1.55. The number of ether oxygens (including phenoxy) is 1. The summed E-state index contributed by atoms with van der Waals surface area (Å²) in [6, 6.07) is 11.2. The Balaban J connectivity index is 1.67. The Morgan fingerprint density at radius 1 is 1.21 bits per heavy atom. The highest BCUT2D eigenvalue weighted by molar-refractivity contribution is 7.99. The Bertz CT molecular complexity index is 1150. The topological polar surface area (TPSA) is 118 Å². The molecule has 0 radical (unpaired) electrons. The van der Waals surface area contributed by atoms with Gasteiger partial charge in [0.15, 0.2) is 11.0 Å². The Hall–Kier alpha value is -3.08. The van der Waals surface area contributed by atoms with Gasteiger partial charge in [0, 0.05) is 22.8 Å². The van der Waals surface area contributed by atoms with Crippen molar-refractivity contribution in [2.75, 3.05) is 24.8 Å². The maximum Gasteiger partial charge on any atom is 0.251 e. The normalized spacial score (nSPS) is 11.7. The minimum Gasteiger partial charge on any atom is -0.497 e. The number of hydrogen-bond donors (Lipinski definition) is 3. The van der Waals surface area contributed by atoms with Crippen molar-refractivity contribution in [1.82, 2.24) is 20.1 Å². The largest absolute Gasteiger partial charge is 0.497 e. The molecule has 180 valence electrons. The summed E-state index contributed by atoms with van der Waals surface area (Å²) in [5.74, 6) is 0.566. The van der Waals surface area contributed by atoms with Crippen LogP contribution in [0, 0.1) is 6.92 Å². The molecule has 3 rings (SSSR count). The van der Waals surface area contributed by atoms with Crippen LogP contribution in [-0.2, 0) is 11.3 Å². The minimum atomic E-state index is -0.765. The molecule has 0 aliphatic heterocycles. The molecule has 11 heteroatoms. The van der Waals surface area contributed by atoms with Gasteiger partial charge in [0.1, 0.15) is 11.8 Å². The van der Waals surface area contributed by atoms with Crippen LogP contribution < -0.4 is 15.4 Å². The van der Waals surface area contributed by atoms with Crippen LogP contribution in [0.1, 0.15) is 34.7 Å². The Labute approximate surface area is 206 Å². The molecule has 0 saturated heterocycles. The summed E-state index contributed by atoms with van der Waals surface area (Å²) in [6.07, 6.45) is 0. The lowest BCUT2D eigenvalue weighted by atomic mass is 10.2. The molecule has 2 aromatic carbocycles. The number of anilines is 1. The van der Waals surface area contributed by atoms with Gasteiger partial charge in [0.05, 0.1) is 19.5 Å². The molecule has 0 spiro atoms. The lowest BCUT2D eigenvalue weighted by Crippen LogP contribution is -2.32. The van der Waals surface area contributed by atoms with Crippen molar-refractivity contribution < 1.29 is 19.4 Å². The van der Waals surface area contributed by atoms with E-state index in [-0.39, 0.29) is 24.2 Å². The van der Waals surface area contributed by atoms with E-state index < -0.39 is 6.04 Å². The van der Waals surface area contributed by atoms with Crippen molar-refractivity contribution in [3.8, 4) is 5.75 Å². The molecule has 0 fully saturated rings. The molecule has 3 N–H and O–H groups in total. The number of benzene rings is 2. The number of amides is 2. The second-order valence-electron chi connectivity index (χ2n) is 7.32. The third-order valence-corrected chi connectivity index (χ3v) is 6.22. The molecule has 0 bridgehead atoms. The molecule has 1 heterocycles. The fourth-order valence-electron chi connectivity index (χ4n) is 3.18. The molecule has 34 heavy (non-hydrogen) atoms. The van der Waals surface area contributed by atoms with Gasteiger partial charge in [0.2, 0.25) is 5.91 Å². The van der Waals surface area contributed by atoms with Crippen molar-refractivity contribution >= 4 is 40.9 Å². The summed E-state index contributed by atoms with van der Waals surface area (Å²) >= 11 is 7.23. The van der Waals surface area contributed by atoms with E-state index in [0.717, 1.165) is 5.56 Å². The number of aromatic nitrogens is 3. The fraction of sp³-hybridized carbons (Fsp3) is 0.304. The summed E-state index contributed by atoms with van der Waals surface area (Å²) in [4.78, 5) is 25.1. The Kier molecular flexibility index (Phi) is 8.91. The van der Waals surface area contributed by atoms with Gasteiger partial charge < -0.3 is 25.0 Å². The predicted octanol–water partition coefficient (Wildman–Crippen LogP) is 3.46.